The lowest BCUT2D eigenvalue weighted by molar-refractivity contribution is 0.102. The number of hydrogen-bond donors (Lipinski definition) is 2. The number of amides is 1. The van der Waals surface area contributed by atoms with Gasteiger partial charge in [-0.25, -0.2) is 0 Å². The van der Waals surface area contributed by atoms with Crippen LogP contribution in [0.5, 0.6) is 0 Å². The van der Waals surface area contributed by atoms with E-state index in [9.17, 15) is 10.1 Å². The van der Waals surface area contributed by atoms with Crippen LogP contribution in [0.2, 0.25) is 0 Å². The average molecular weight is 358 g/mol. The fraction of sp³-hybridized carbons (Fsp3) is 0.176. The number of carbonyl (C=O) groups excluding carboxylic acids is 1. The number of nitrogen functional groups attached to an aromatic ring is 1. The lowest BCUT2D eigenvalue weighted by atomic mass is 9.85. The van der Waals surface area contributed by atoms with Gasteiger partial charge >= 0.3 is 0 Å². The summed E-state index contributed by atoms with van der Waals surface area (Å²) in [7, 11) is 0. The quantitative estimate of drug-likeness (QED) is 0.812. The van der Waals surface area contributed by atoms with E-state index in [4.69, 9.17) is 5.73 Å². The monoisotopic (exact) mass is 357 g/mol. The standard InChI is InChI=1S/C17H16BrN3O/c1-17(2,10-19)12-5-3-4-11(8-12)16(22)21-13-6-7-14(18)15(20)9-13/h3-9H,20H2,1-2H3,(H,21,22). The zero-order valence-electron chi connectivity index (χ0n) is 12.4. The van der Waals surface area contributed by atoms with Gasteiger partial charge in [0, 0.05) is 21.4 Å². The highest BCUT2D eigenvalue weighted by Crippen LogP contribution is 2.25. The fourth-order valence-electron chi connectivity index (χ4n) is 1.94. The predicted molar refractivity (Wildman–Crippen MR) is 91.6 cm³/mol. The summed E-state index contributed by atoms with van der Waals surface area (Å²) >= 11 is 3.31. The molecule has 0 saturated heterocycles. The molecule has 3 N–H and O–H groups in total. The summed E-state index contributed by atoms with van der Waals surface area (Å²) in [6.45, 7) is 3.64. The second kappa shape index (κ2) is 6.20. The van der Waals surface area contributed by atoms with Crippen molar-refractivity contribution in [3.63, 3.8) is 0 Å². The van der Waals surface area contributed by atoms with Crippen LogP contribution in [0, 0.1) is 11.3 Å². The van der Waals surface area contributed by atoms with Crippen LogP contribution in [0.4, 0.5) is 11.4 Å². The second-order valence-electron chi connectivity index (χ2n) is 5.51. The first-order valence-corrected chi connectivity index (χ1v) is 7.51. The van der Waals surface area contributed by atoms with E-state index in [1.807, 2.05) is 19.9 Å². The van der Waals surface area contributed by atoms with Crippen LogP contribution in [0.1, 0.15) is 29.8 Å². The molecule has 1 amide bonds. The van der Waals surface area contributed by atoms with Crippen molar-refractivity contribution in [2.45, 2.75) is 19.3 Å². The molecule has 0 aliphatic rings. The highest BCUT2D eigenvalue weighted by atomic mass is 79.9. The summed E-state index contributed by atoms with van der Waals surface area (Å²) in [4.78, 5) is 12.3. The Hall–Kier alpha value is -2.32. The van der Waals surface area contributed by atoms with Gasteiger partial charge in [0.2, 0.25) is 0 Å². The van der Waals surface area contributed by atoms with Crippen molar-refractivity contribution >= 4 is 33.2 Å². The Labute approximate surface area is 138 Å². The highest BCUT2D eigenvalue weighted by molar-refractivity contribution is 9.10. The first kappa shape index (κ1) is 16.1. The van der Waals surface area contributed by atoms with E-state index in [0.717, 1.165) is 10.0 Å². The molecule has 2 aromatic rings. The Morgan fingerprint density at radius 1 is 1.27 bits per heavy atom. The van der Waals surface area contributed by atoms with E-state index in [-0.39, 0.29) is 5.91 Å². The molecule has 5 heteroatoms. The van der Waals surface area contributed by atoms with Crippen molar-refractivity contribution in [2.75, 3.05) is 11.1 Å². The smallest absolute Gasteiger partial charge is 0.255 e. The van der Waals surface area contributed by atoms with Crippen LogP contribution < -0.4 is 11.1 Å². The summed E-state index contributed by atoms with van der Waals surface area (Å²) in [6, 6.07) is 14.5. The summed E-state index contributed by atoms with van der Waals surface area (Å²) in [5.41, 5.74) is 7.64. The number of nitrogens with zero attached hydrogens (tertiary/aromatic N) is 1. The molecule has 0 saturated carbocycles. The minimum Gasteiger partial charge on any atom is -0.398 e. The van der Waals surface area contributed by atoms with Crippen LogP contribution in [-0.4, -0.2) is 5.91 Å². The number of nitrogens with two attached hydrogens (primary N) is 1. The number of benzene rings is 2. The van der Waals surface area contributed by atoms with Crippen LogP contribution in [0.25, 0.3) is 0 Å². The van der Waals surface area contributed by atoms with Gasteiger partial charge in [-0.05, 0) is 65.7 Å². The van der Waals surface area contributed by atoms with E-state index >= 15 is 0 Å². The number of anilines is 2. The summed E-state index contributed by atoms with van der Waals surface area (Å²) in [5, 5.41) is 12.0. The van der Waals surface area contributed by atoms with Crippen LogP contribution in [0.3, 0.4) is 0 Å². The second-order valence-corrected chi connectivity index (χ2v) is 6.36. The van der Waals surface area contributed by atoms with Crippen LogP contribution in [0.15, 0.2) is 46.9 Å². The summed E-state index contributed by atoms with van der Waals surface area (Å²) < 4.78 is 0.781. The van der Waals surface area contributed by atoms with E-state index in [1.165, 1.54) is 0 Å². The lowest BCUT2D eigenvalue weighted by Crippen LogP contribution is -2.17. The topological polar surface area (TPSA) is 78.9 Å². The number of nitriles is 1. The maximum absolute atomic E-state index is 12.3. The van der Waals surface area contributed by atoms with Gasteiger partial charge in [0.25, 0.3) is 5.91 Å². The zero-order valence-corrected chi connectivity index (χ0v) is 13.9. The normalized spacial score (nSPS) is 10.8. The van der Waals surface area contributed by atoms with E-state index in [0.29, 0.717) is 16.9 Å². The third kappa shape index (κ3) is 3.46. The molecule has 0 bridgehead atoms. The molecule has 0 atom stereocenters. The molecule has 2 aromatic carbocycles. The maximum atomic E-state index is 12.3. The average Bonchev–Trinajstić information content (AvgIpc) is 2.51. The lowest BCUT2D eigenvalue weighted by Gasteiger charge is -2.16. The van der Waals surface area contributed by atoms with Crippen LogP contribution in [-0.2, 0) is 5.41 Å². The largest absolute Gasteiger partial charge is 0.398 e. The van der Waals surface area contributed by atoms with Crippen molar-refractivity contribution in [1.82, 2.24) is 0 Å². The first-order valence-electron chi connectivity index (χ1n) is 6.71. The molecule has 22 heavy (non-hydrogen) atoms. The first-order chi connectivity index (χ1) is 10.3. The minimum atomic E-state index is -0.641. The minimum absolute atomic E-state index is 0.239. The Balaban J connectivity index is 2.25. The molecule has 0 aliphatic carbocycles. The SMILES string of the molecule is CC(C)(C#N)c1cccc(C(=O)Nc2ccc(Br)c(N)c2)c1. The molecule has 0 unspecified atom stereocenters. The highest BCUT2D eigenvalue weighted by Gasteiger charge is 2.20. The molecule has 0 spiro atoms. The number of carbonyl (C=O) groups is 1. The van der Waals surface area contributed by atoms with Gasteiger partial charge in [-0.2, -0.15) is 5.26 Å². The van der Waals surface area contributed by atoms with Crippen molar-refractivity contribution < 1.29 is 4.79 Å². The summed E-state index contributed by atoms with van der Waals surface area (Å²) in [6.07, 6.45) is 0. The Bertz CT molecular complexity index is 763. The van der Waals surface area contributed by atoms with E-state index in [2.05, 4.69) is 27.3 Å². The fourth-order valence-corrected chi connectivity index (χ4v) is 2.19. The predicted octanol–water partition coefficient (Wildman–Crippen LogP) is 4.08. The van der Waals surface area contributed by atoms with Crippen LogP contribution >= 0.6 is 15.9 Å². The van der Waals surface area contributed by atoms with Gasteiger partial charge in [-0.15, -0.1) is 0 Å². The molecule has 0 radical (unpaired) electrons. The van der Waals surface area contributed by atoms with Gasteiger partial charge in [0.05, 0.1) is 11.5 Å². The molecule has 4 nitrogen and oxygen atoms in total. The number of rotatable bonds is 3. The zero-order chi connectivity index (χ0) is 16.3. The third-order valence-electron chi connectivity index (χ3n) is 3.38. The molecule has 2 rings (SSSR count). The molecule has 112 valence electrons. The van der Waals surface area contributed by atoms with E-state index < -0.39 is 5.41 Å². The van der Waals surface area contributed by atoms with Crippen molar-refractivity contribution in [2.24, 2.45) is 0 Å². The molecule has 0 aromatic heterocycles. The molecular weight excluding hydrogens is 342 g/mol. The maximum Gasteiger partial charge on any atom is 0.255 e. The van der Waals surface area contributed by atoms with Crippen molar-refractivity contribution in [3.8, 4) is 6.07 Å². The molecular formula is C17H16BrN3O. The molecule has 0 fully saturated rings. The van der Waals surface area contributed by atoms with E-state index in [1.54, 1.807) is 36.4 Å². The Morgan fingerprint density at radius 2 is 2.00 bits per heavy atom. The number of nitrogens with one attached hydrogen (secondary N) is 1. The van der Waals surface area contributed by atoms with Crippen molar-refractivity contribution in [3.05, 3.63) is 58.1 Å². The summed E-state index contributed by atoms with van der Waals surface area (Å²) in [5.74, 6) is -0.239. The number of halogens is 1. The van der Waals surface area contributed by atoms with Crippen molar-refractivity contribution in [1.29, 1.82) is 5.26 Å². The molecule has 0 aliphatic heterocycles. The molecule has 0 heterocycles. The number of hydrogen-bond acceptors (Lipinski definition) is 3. The third-order valence-corrected chi connectivity index (χ3v) is 4.10. The van der Waals surface area contributed by atoms with Gasteiger partial charge in [0.1, 0.15) is 0 Å². The van der Waals surface area contributed by atoms with Gasteiger partial charge in [-0.3, -0.25) is 4.79 Å². The Kier molecular flexibility index (Phi) is 4.53. The van der Waals surface area contributed by atoms with Gasteiger partial charge in [-0.1, -0.05) is 12.1 Å². The van der Waals surface area contributed by atoms with Gasteiger partial charge in [0.15, 0.2) is 0 Å². The Morgan fingerprint density at radius 3 is 2.64 bits per heavy atom. The van der Waals surface area contributed by atoms with Gasteiger partial charge < -0.3 is 11.1 Å².